The van der Waals surface area contributed by atoms with Gasteiger partial charge in [-0.25, -0.2) is 0 Å². The summed E-state index contributed by atoms with van der Waals surface area (Å²) < 4.78 is 42.6. The number of benzene rings is 3. The Morgan fingerprint density at radius 3 is 2.12 bits per heavy atom. The molecule has 1 N–H and O–H groups in total. The standard InChI is InChI=1S/C34H28BF2IN2O2/c1-22-20-28(14-4-24-6-16-30(41)17-7-24)39-33(22)32(26-10-12-27(38)13-11-26)34-23(2)21-29(40(34)35(39,36)37)15-5-25-8-18-31(42-3)19-9-25/h4-21,41H,1-3H3/b14-4+,15-5+. The summed E-state index contributed by atoms with van der Waals surface area (Å²) in [6.45, 7) is -0.472. The van der Waals surface area contributed by atoms with E-state index in [0.29, 0.717) is 22.8 Å². The Morgan fingerprint density at radius 1 is 0.857 bits per heavy atom. The maximum absolute atomic E-state index is 17.0. The summed E-state index contributed by atoms with van der Waals surface area (Å²) in [4.78, 5) is 0. The van der Waals surface area contributed by atoms with E-state index < -0.39 is 6.97 Å². The normalized spacial score (nSPS) is 15.9. The van der Waals surface area contributed by atoms with Crippen LogP contribution in [-0.4, -0.2) is 33.9 Å². The van der Waals surface area contributed by atoms with Crippen LogP contribution in [0.1, 0.15) is 40.6 Å². The van der Waals surface area contributed by atoms with E-state index in [1.165, 1.54) is 8.96 Å². The molecule has 2 aliphatic rings. The van der Waals surface area contributed by atoms with Gasteiger partial charge in [0.15, 0.2) is 11.4 Å². The van der Waals surface area contributed by atoms with Crippen LogP contribution in [0.2, 0.25) is 0 Å². The molecule has 4 nitrogen and oxygen atoms in total. The zero-order valence-electron chi connectivity index (χ0n) is 23.4. The third-order valence-electron chi connectivity index (χ3n) is 7.64. The summed E-state index contributed by atoms with van der Waals surface area (Å²) in [6, 6.07) is 24.0. The topological polar surface area (TPSA) is 37.4 Å². The highest BCUT2D eigenvalue weighted by molar-refractivity contribution is 14.1. The number of ether oxygens (including phenoxy) is 1. The zero-order chi connectivity index (χ0) is 29.6. The summed E-state index contributed by atoms with van der Waals surface area (Å²) in [6.07, 6.45) is 8.95. The predicted octanol–water partition coefficient (Wildman–Crippen LogP) is 8.41. The van der Waals surface area contributed by atoms with Crippen molar-refractivity contribution in [2.45, 2.75) is 13.8 Å². The second-order valence-corrected chi connectivity index (χ2v) is 11.7. The van der Waals surface area contributed by atoms with Gasteiger partial charge in [0.2, 0.25) is 0 Å². The molecule has 3 aromatic carbocycles. The van der Waals surface area contributed by atoms with E-state index in [2.05, 4.69) is 22.6 Å². The molecule has 0 bridgehead atoms. The number of phenolic OH excluding ortho intramolecular Hbond substituents is 1. The van der Waals surface area contributed by atoms with Gasteiger partial charge in [0.05, 0.1) is 12.7 Å². The molecule has 0 spiro atoms. The molecular formula is C34H28BF2IN2O2. The number of allylic oxidation sites excluding steroid dienone is 3. The summed E-state index contributed by atoms with van der Waals surface area (Å²) in [5, 5.41) is 9.65. The lowest BCUT2D eigenvalue weighted by Crippen LogP contribution is -2.51. The van der Waals surface area contributed by atoms with E-state index in [9.17, 15) is 5.11 Å². The molecule has 0 saturated carbocycles. The first-order valence-corrected chi connectivity index (χ1v) is 14.6. The third kappa shape index (κ3) is 4.94. The van der Waals surface area contributed by atoms with Crippen molar-refractivity contribution in [1.29, 1.82) is 0 Å². The van der Waals surface area contributed by atoms with Gasteiger partial charge >= 0.3 is 6.97 Å². The van der Waals surface area contributed by atoms with E-state index in [0.717, 1.165) is 42.7 Å². The first-order valence-electron chi connectivity index (χ1n) is 13.6. The van der Waals surface area contributed by atoms with Crippen molar-refractivity contribution >= 4 is 59.1 Å². The maximum Gasteiger partial charge on any atom is 0.737 e. The molecule has 6 rings (SSSR count). The maximum atomic E-state index is 17.0. The van der Waals surface area contributed by atoms with Gasteiger partial charge in [-0.1, -0.05) is 42.5 Å². The minimum atomic E-state index is -4.26. The van der Waals surface area contributed by atoms with Gasteiger partial charge in [0, 0.05) is 32.7 Å². The summed E-state index contributed by atoms with van der Waals surface area (Å²) in [7, 11) is 1.61. The quantitative estimate of drug-likeness (QED) is 0.165. The predicted molar refractivity (Wildman–Crippen MR) is 176 cm³/mol. The molecule has 3 heterocycles. The SMILES string of the molecule is COc1ccc(/C=C/C2=[N+]3C(=C(c4ccc(I)cc4)c4c(C)cc(/C=C/c5ccc(O)cc5)n4[B-]3(F)F)C(C)=C2)cc1. The fourth-order valence-corrected chi connectivity index (χ4v) is 6.06. The number of aryl methyl sites for hydroxylation is 1. The van der Waals surface area contributed by atoms with Gasteiger partial charge < -0.3 is 27.4 Å². The molecule has 0 amide bonds. The van der Waals surface area contributed by atoms with E-state index in [4.69, 9.17) is 4.74 Å². The van der Waals surface area contributed by atoms with E-state index >= 15 is 8.63 Å². The minimum Gasteiger partial charge on any atom is -0.508 e. The van der Waals surface area contributed by atoms with Gasteiger partial charge in [0.25, 0.3) is 0 Å². The fraction of sp³-hybridized carbons (Fsp3) is 0.0882. The molecule has 2 aliphatic heterocycles. The first kappa shape index (κ1) is 28.0. The van der Waals surface area contributed by atoms with Gasteiger partial charge in [-0.3, -0.25) is 0 Å². The summed E-state index contributed by atoms with van der Waals surface area (Å²) >= 11 is 2.26. The Kier molecular flexibility index (Phi) is 7.26. The molecular weight excluding hydrogens is 644 g/mol. The number of halogens is 3. The van der Waals surface area contributed by atoms with Crippen LogP contribution in [0.15, 0.2) is 102 Å². The minimum absolute atomic E-state index is 0.153. The van der Waals surface area contributed by atoms with Gasteiger partial charge in [-0.15, -0.1) is 0 Å². The van der Waals surface area contributed by atoms with Crippen molar-refractivity contribution in [3.63, 3.8) is 0 Å². The van der Waals surface area contributed by atoms with Crippen LogP contribution >= 0.6 is 22.6 Å². The second kappa shape index (κ2) is 10.9. The smallest absolute Gasteiger partial charge is 0.508 e. The molecule has 0 unspecified atom stereocenters. The number of phenols is 1. The summed E-state index contributed by atoms with van der Waals surface area (Å²) in [5.41, 5.74) is 6.79. The van der Waals surface area contributed by atoms with Gasteiger partial charge in [0.1, 0.15) is 11.5 Å². The number of hydrogen-bond acceptors (Lipinski definition) is 2. The first-order chi connectivity index (χ1) is 20.2. The molecule has 4 aromatic rings. The van der Waals surface area contributed by atoms with E-state index in [1.54, 1.807) is 49.6 Å². The van der Waals surface area contributed by atoms with Crippen molar-refractivity contribution in [1.82, 2.24) is 4.48 Å². The number of nitrogens with zero attached hydrogens (tertiary/aromatic N) is 2. The zero-order valence-corrected chi connectivity index (χ0v) is 25.5. The van der Waals surface area contributed by atoms with Crippen molar-refractivity contribution in [3.05, 3.63) is 139 Å². The number of methoxy groups -OCH3 is 1. The monoisotopic (exact) mass is 672 g/mol. The van der Waals surface area contributed by atoms with Gasteiger partial charge in [-0.05, 0) is 113 Å². The Morgan fingerprint density at radius 2 is 1.48 bits per heavy atom. The average Bonchev–Trinajstić information content (AvgIpc) is 3.50. The van der Waals surface area contributed by atoms with Crippen LogP contribution in [0, 0.1) is 10.5 Å². The lowest BCUT2D eigenvalue weighted by molar-refractivity contribution is -0.362. The molecule has 210 valence electrons. The van der Waals surface area contributed by atoms with Crippen molar-refractivity contribution in [2.24, 2.45) is 0 Å². The number of aromatic hydroxyl groups is 1. The van der Waals surface area contributed by atoms with Gasteiger partial charge in [-0.2, -0.15) is 0 Å². The largest absolute Gasteiger partial charge is 0.737 e. The molecule has 0 aliphatic carbocycles. The van der Waals surface area contributed by atoms with Crippen molar-refractivity contribution in [3.8, 4) is 11.5 Å². The molecule has 1 aromatic heterocycles. The highest BCUT2D eigenvalue weighted by Crippen LogP contribution is 2.44. The molecule has 0 fully saturated rings. The highest BCUT2D eigenvalue weighted by Gasteiger charge is 2.55. The Hall–Kier alpha value is -4.18. The number of hydrogen-bond donors (Lipinski definition) is 1. The molecule has 8 heteroatoms. The number of aromatic nitrogens is 1. The van der Waals surface area contributed by atoms with E-state index in [1.807, 2.05) is 80.6 Å². The Bertz CT molecular complexity index is 1850. The average molecular weight is 672 g/mol. The fourth-order valence-electron chi connectivity index (χ4n) is 5.70. The highest BCUT2D eigenvalue weighted by atomic mass is 127. The number of fused-ring (bicyclic) bond motifs is 2. The molecule has 0 radical (unpaired) electrons. The molecule has 0 atom stereocenters. The van der Waals surface area contributed by atoms with Crippen LogP contribution in [0.5, 0.6) is 11.5 Å². The van der Waals surface area contributed by atoms with Crippen LogP contribution in [-0.2, 0) is 0 Å². The second-order valence-electron chi connectivity index (χ2n) is 10.4. The Labute approximate surface area is 257 Å². The third-order valence-corrected chi connectivity index (χ3v) is 8.36. The molecule has 0 saturated heterocycles. The van der Waals surface area contributed by atoms with E-state index in [-0.39, 0.29) is 5.75 Å². The lowest BCUT2D eigenvalue weighted by Gasteiger charge is -2.34. The van der Waals surface area contributed by atoms with Crippen LogP contribution in [0.3, 0.4) is 0 Å². The Balaban J connectivity index is 1.56. The van der Waals surface area contributed by atoms with Crippen LogP contribution in [0.4, 0.5) is 8.63 Å². The molecule has 42 heavy (non-hydrogen) atoms. The van der Waals surface area contributed by atoms with Crippen molar-refractivity contribution in [2.75, 3.05) is 7.11 Å². The van der Waals surface area contributed by atoms with Crippen LogP contribution < -0.4 is 4.74 Å². The van der Waals surface area contributed by atoms with Crippen LogP contribution in [0.25, 0.3) is 23.8 Å². The van der Waals surface area contributed by atoms with Crippen molar-refractivity contribution < 1.29 is 23.0 Å². The number of rotatable bonds is 6. The summed E-state index contributed by atoms with van der Waals surface area (Å²) in [5.74, 6) is 0.888. The lowest BCUT2D eigenvalue weighted by atomic mass is 9.83.